The highest BCUT2D eigenvalue weighted by atomic mass is 35.5. The van der Waals surface area contributed by atoms with Crippen LogP contribution in [0.15, 0.2) is 22.8 Å². The number of aryl methyl sites for hydroxylation is 2. The number of hydrogen-bond donors (Lipinski definition) is 1. The predicted octanol–water partition coefficient (Wildman–Crippen LogP) is 2.48. The van der Waals surface area contributed by atoms with Crippen molar-refractivity contribution in [3.8, 4) is 0 Å². The van der Waals surface area contributed by atoms with E-state index in [-0.39, 0.29) is 6.04 Å². The van der Waals surface area contributed by atoms with E-state index in [0.717, 1.165) is 23.4 Å². The maximum atomic E-state index is 6.22. The molecule has 0 spiro atoms. The van der Waals surface area contributed by atoms with Crippen molar-refractivity contribution < 1.29 is 4.42 Å². The molecule has 2 heterocycles. The Labute approximate surface area is 106 Å². The molecule has 2 rings (SSSR count). The number of rotatable bonds is 4. The van der Waals surface area contributed by atoms with Gasteiger partial charge in [-0.05, 0) is 32.5 Å². The van der Waals surface area contributed by atoms with Crippen LogP contribution < -0.4 is 5.32 Å². The van der Waals surface area contributed by atoms with Crippen LogP contribution in [0.2, 0.25) is 5.15 Å². The molecule has 0 amide bonds. The molecule has 1 unspecified atom stereocenters. The van der Waals surface area contributed by atoms with E-state index in [9.17, 15) is 0 Å². The summed E-state index contributed by atoms with van der Waals surface area (Å²) in [5.74, 6) is 0.909. The standard InChI is InChI=1S/C12H16ClN3O/c1-8-9(12(13)16(3)15-8)7-10(14-2)11-5-4-6-17-11/h4-6,10,14H,7H2,1-3H3. The van der Waals surface area contributed by atoms with Gasteiger partial charge in [-0.3, -0.25) is 4.68 Å². The molecule has 2 aromatic rings. The Morgan fingerprint density at radius 3 is 2.82 bits per heavy atom. The molecule has 2 aromatic heterocycles. The summed E-state index contributed by atoms with van der Waals surface area (Å²) in [7, 11) is 3.76. The minimum Gasteiger partial charge on any atom is -0.468 e. The van der Waals surface area contributed by atoms with Crippen molar-refractivity contribution in [2.75, 3.05) is 7.05 Å². The van der Waals surface area contributed by atoms with E-state index in [2.05, 4.69) is 10.4 Å². The Bertz CT molecular complexity index is 490. The largest absolute Gasteiger partial charge is 0.468 e. The molecule has 0 radical (unpaired) electrons. The van der Waals surface area contributed by atoms with Gasteiger partial charge in [-0.1, -0.05) is 11.6 Å². The first-order valence-corrected chi connectivity index (χ1v) is 5.90. The molecular formula is C12H16ClN3O. The summed E-state index contributed by atoms with van der Waals surface area (Å²) in [5.41, 5.74) is 2.02. The summed E-state index contributed by atoms with van der Waals surface area (Å²) >= 11 is 6.22. The SMILES string of the molecule is CNC(Cc1c(C)nn(C)c1Cl)c1ccco1. The molecule has 0 aliphatic carbocycles. The molecule has 92 valence electrons. The Balaban J connectivity index is 2.24. The maximum Gasteiger partial charge on any atom is 0.130 e. The van der Waals surface area contributed by atoms with Crippen LogP contribution in [0.5, 0.6) is 0 Å². The fourth-order valence-corrected chi connectivity index (χ4v) is 2.20. The molecule has 5 heteroatoms. The van der Waals surface area contributed by atoms with Gasteiger partial charge in [-0.2, -0.15) is 5.10 Å². The minimum absolute atomic E-state index is 0.116. The number of nitrogens with one attached hydrogen (secondary N) is 1. The smallest absolute Gasteiger partial charge is 0.130 e. The average Bonchev–Trinajstić information content (AvgIpc) is 2.89. The third-order valence-electron chi connectivity index (χ3n) is 2.91. The summed E-state index contributed by atoms with van der Waals surface area (Å²) in [6, 6.07) is 3.96. The second-order valence-corrected chi connectivity index (χ2v) is 4.40. The van der Waals surface area contributed by atoms with E-state index >= 15 is 0 Å². The molecule has 0 aliphatic heterocycles. The van der Waals surface area contributed by atoms with Crippen molar-refractivity contribution in [2.45, 2.75) is 19.4 Å². The number of halogens is 1. The number of furan rings is 1. The summed E-state index contributed by atoms with van der Waals surface area (Å²) in [4.78, 5) is 0. The molecule has 0 aliphatic rings. The molecule has 1 N–H and O–H groups in total. The first-order valence-electron chi connectivity index (χ1n) is 5.52. The monoisotopic (exact) mass is 253 g/mol. The van der Waals surface area contributed by atoms with Crippen LogP contribution in [0.1, 0.15) is 23.1 Å². The van der Waals surface area contributed by atoms with Gasteiger partial charge in [0.15, 0.2) is 0 Å². The Morgan fingerprint density at radius 2 is 2.35 bits per heavy atom. The van der Waals surface area contributed by atoms with Gasteiger partial charge in [0.05, 0.1) is 18.0 Å². The van der Waals surface area contributed by atoms with Crippen LogP contribution in [-0.4, -0.2) is 16.8 Å². The predicted molar refractivity (Wildman–Crippen MR) is 67.2 cm³/mol. The highest BCUT2D eigenvalue weighted by Gasteiger charge is 2.18. The zero-order valence-electron chi connectivity index (χ0n) is 10.2. The number of hydrogen-bond acceptors (Lipinski definition) is 3. The van der Waals surface area contributed by atoms with Gasteiger partial charge < -0.3 is 9.73 Å². The number of likely N-dealkylation sites (N-methyl/N-ethyl adjacent to an activating group) is 1. The van der Waals surface area contributed by atoms with E-state index in [0.29, 0.717) is 5.15 Å². The van der Waals surface area contributed by atoms with E-state index < -0.39 is 0 Å². The lowest BCUT2D eigenvalue weighted by atomic mass is 10.1. The molecular weight excluding hydrogens is 238 g/mol. The summed E-state index contributed by atoms with van der Waals surface area (Å²) in [6.07, 6.45) is 2.44. The van der Waals surface area contributed by atoms with Gasteiger partial charge in [0, 0.05) is 12.6 Å². The Kier molecular flexibility index (Phi) is 3.54. The highest BCUT2D eigenvalue weighted by Crippen LogP contribution is 2.25. The van der Waals surface area contributed by atoms with Crippen LogP contribution in [0.25, 0.3) is 0 Å². The van der Waals surface area contributed by atoms with Crippen molar-refractivity contribution in [1.29, 1.82) is 0 Å². The minimum atomic E-state index is 0.116. The van der Waals surface area contributed by atoms with Gasteiger partial charge in [-0.25, -0.2) is 0 Å². The number of aromatic nitrogens is 2. The van der Waals surface area contributed by atoms with Crippen molar-refractivity contribution >= 4 is 11.6 Å². The van der Waals surface area contributed by atoms with E-state index in [1.165, 1.54) is 0 Å². The summed E-state index contributed by atoms with van der Waals surface area (Å²) in [6.45, 7) is 1.97. The van der Waals surface area contributed by atoms with Gasteiger partial charge >= 0.3 is 0 Å². The van der Waals surface area contributed by atoms with Crippen molar-refractivity contribution in [3.05, 3.63) is 40.6 Å². The van der Waals surface area contributed by atoms with Crippen LogP contribution in [-0.2, 0) is 13.5 Å². The van der Waals surface area contributed by atoms with Crippen LogP contribution >= 0.6 is 11.6 Å². The lowest BCUT2D eigenvalue weighted by Crippen LogP contribution is -2.18. The third-order valence-corrected chi connectivity index (χ3v) is 3.39. The molecule has 0 fully saturated rings. The molecule has 1 atom stereocenters. The lowest BCUT2D eigenvalue weighted by Gasteiger charge is -2.13. The fourth-order valence-electron chi connectivity index (χ4n) is 1.94. The van der Waals surface area contributed by atoms with Crippen molar-refractivity contribution in [2.24, 2.45) is 7.05 Å². The Hall–Kier alpha value is -1.26. The summed E-state index contributed by atoms with van der Waals surface area (Å²) in [5, 5.41) is 8.22. The first-order chi connectivity index (χ1) is 8.13. The quantitative estimate of drug-likeness (QED) is 0.910. The van der Waals surface area contributed by atoms with Gasteiger partial charge in [-0.15, -0.1) is 0 Å². The molecule has 17 heavy (non-hydrogen) atoms. The fraction of sp³-hybridized carbons (Fsp3) is 0.417. The lowest BCUT2D eigenvalue weighted by molar-refractivity contribution is 0.429. The zero-order valence-corrected chi connectivity index (χ0v) is 11.0. The molecule has 0 aromatic carbocycles. The maximum absolute atomic E-state index is 6.22. The second kappa shape index (κ2) is 4.94. The summed E-state index contributed by atoms with van der Waals surface area (Å²) < 4.78 is 7.11. The number of nitrogens with zero attached hydrogens (tertiary/aromatic N) is 2. The van der Waals surface area contributed by atoms with Gasteiger partial charge in [0.1, 0.15) is 10.9 Å². The van der Waals surface area contributed by atoms with Crippen LogP contribution in [0.4, 0.5) is 0 Å². The molecule has 0 bridgehead atoms. The highest BCUT2D eigenvalue weighted by molar-refractivity contribution is 6.30. The van der Waals surface area contributed by atoms with Crippen molar-refractivity contribution in [3.63, 3.8) is 0 Å². The molecule has 0 saturated carbocycles. The average molecular weight is 254 g/mol. The zero-order chi connectivity index (χ0) is 12.4. The van der Waals surface area contributed by atoms with Gasteiger partial charge in [0.25, 0.3) is 0 Å². The molecule has 0 saturated heterocycles. The normalized spacial score (nSPS) is 12.9. The van der Waals surface area contributed by atoms with Crippen LogP contribution in [0.3, 0.4) is 0 Å². The topological polar surface area (TPSA) is 43.0 Å². The van der Waals surface area contributed by atoms with E-state index in [1.807, 2.05) is 33.2 Å². The Morgan fingerprint density at radius 1 is 1.59 bits per heavy atom. The third kappa shape index (κ3) is 2.37. The second-order valence-electron chi connectivity index (χ2n) is 4.04. The van der Waals surface area contributed by atoms with Crippen LogP contribution in [0, 0.1) is 6.92 Å². The van der Waals surface area contributed by atoms with E-state index in [4.69, 9.17) is 16.0 Å². The van der Waals surface area contributed by atoms with Gasteiger partial charge in [0.2, 0.25) is 0 Å². The van der Waals surface area contributed by atoms with Crippen molar-refractivity contribution in [1.82, 2.24) is 15.1 Å². The first kappa shape index (κ1) is 12.2. The molecule has 4 nitrogen and oxygen atoms in total. The van der Waals surface area contributed by atoms with E-state index in [1.54, 1.807) is 10.9 Å².